The molecule has 1 aliphatic rings. The molecule has 2 unspecified atom stereocenters. The number of rotatable bonds is 7. The quantitative estimate of drug-likeness (QED) is 0.587. The Hall–Kier alpha value is -2.51. The third-order valence-corrected chi connectivity index (χ3v) is 6.19. The van der Waals surface area contributed by atoms with Crippen molar-refractivity contribution in [2.24, 2.45) is 5.92 Å². The number of hydrogen-bond acceptors (Lipinski definition) is 6. The molecule has 7 nitrogen and oxygen atoms in total. The number of methoxy groups -OCH3 is 2. The predicted molar refractivity (Wildman–Crippen MR) is 120 cm³/mol. The van der Waals surface area contributed by atoms with Gasteiger partial charge in [-0.1, -0.05) is 24.9 Å². The molecule has 0 bridgehead atoms. The highest BCUT2D eigenvalue weighted by Crippen LogP contribution is 2.37. The Kier molecular flexibility index (Phi) is 6.01. The monoisotopic (exact) mass is 429 g/mol. The fourth-order valence-corrected chi connectivity index (χ4v) is 4.46. The molecule has 0 amide bonds. The van der Waals surface area contributed by atoms with E-state index in [2.05, 4.69) is 29.2 Å². The number of nitrogens with one attached hydrogen (secondary N) is 1. The van der Waals surface area contributed by atoms with E-state index < -0.39 is 0 Å². The van der Waals surface area contributed by atoms with Gasteiger partial charge in [0.25, 0.3) is 0 Å². The lowest BCUT2D eigenvalue weighted by Gasteiger charge is -2.29. The molecule has 0 aliphatic carbocycles. The zero-order chi connectivity index (χ0) is 21.3. The van der Waals surface area contributed by atoms with Gasteiger partial charge >= 0.3 is 0 Å². The number of benzene rings is 1. The van der Waals surface area contributed by atoms with Crippen molar-refractivity contribution < 1.29 is 9.47 Å². The number of nitrogens with zero attached hydrogens (tertiary/aromatic N) is 4. The summed E-state index contributed by atoms with van der Waals surface area (Å²) < 4.78 is 12.7. The minimum absolute atomic E-state index is 0.311. The molecule has 8 heteroatoms. The largest absolute Gasteiger partial charge is 0.497 e. The van der Waals surface area contributed by atoms with Crippen LogP contribution >= 0.6 is 11.6 Å². The molecule has 3 aromatic rings. The highest BCUT2D eigenvalue weighted by atomic mass is 35.5. The SMILES string of the molecule is CCC1CC(COC)N(c2c(C)c(Nc3ccc(OC)cc3Cl)nc3ccnn23)C1. The van der Waals surface area contributed by atoms with Crippen molar-refractivity contribution in [3.63, 3.8) is 0 Å². The van der Waals surface area contributed by atoms with Gasteiger partial charge in [-0.15, -0.1) is 0 Å². The zero-order valence-electron chi connectivity index (χ0n) is 17.9. The first kappa shape index (κ1) is 20.8. The van der Waals surface area contributed by atoms with E-state index in [0.717, 1.165) is 47.9 Å². The third-order valence-electron chi connectivity index (χ3n) is 5.88. The molecular formula is C22H28ClN5O2. The number of fused-ring (bicyclic) bond motifs is 1. The number of halogens is 1. The summed E-state index contributed by atoms with van der Waals surface area (Å²) in [6.07, 6.45) is 4.05. The average molecular weight is 430 g/mol. The Morgan fingerprint density at radius 1 is 1.27 bits per heavy atom. The van der Waals surface area contributed by atoms with Gasteiger partial charge in [0.1, 0.15) is 17.4 Å². The van der Waals surface area contributed by atoms with Crippen molar-refractivity contribution in [3.8, 4) is 5.75 Å². The van der Waals surface area contributed by atoms with E-state index in [4.69, 9.17) is 26.1 Å². The summed E-state index contributed by atoms with van der Waals surface area (Å²) in [4.78, 5) is 7.22. The van der Waals surface area contributed by atoms with Gasteiger partial charge < -0.3 is 19.7 Å². The summed E-state index contributed by atoms with van der Waals surface area (Å²) in [5, 5.41) is 8.55. The first-order chi connectivity index (χ1) is 14.5. The van der Waals surface area contributed by atoms with Crippen LogP contribution in [0, 0.1) is 12.8 Å². The molecule has 1 N–H and O–H groups in total. The van der Waals surface area contributed by atoms with E-state index in [1.54, 1.807) is 26.5 Å². The lowest BCUT2D eigenvalue weighted by molar-refractivity contribution is 0.178. The molecule has 1 fully saturated rings. The van der Waals surface area contributed by atoms with Crippen molar-refractivity contribution in [3.05, 3.63) is 41.0 Å². The number of aromatic nitrogens is 3. The lowest BCUT2D eigenvalue weighted by Crippen LogP contribution is -2.35. The first-order valence-electron chi connectivity index (χ1n) is 10.3. The Bertz CT molecular complexity index is 1040. The molecule has 2 atom stereocenters. The number of ether oxygens (including phenoxy) is 2. The highest BCUT2D eigenvalue weighted by Gasteiger charge is 2.34. The minimum atomic E-state index is 0.311. The van der Waals surface area contributed by atoms with Gasteiger partial charge in [0.2, 0.25) is 0 Å². The summed E-state index contributed by atoms with van der Waals surface area (Å²) in [5.41, 5.74) is 2.60. The summed E-state index contributed by atoms with van der Waals surface area (Å²) >= 11 is 6.46. The van der Waals surface area contributed by atoms with Crippen LogP contribution in [0.1, 0.15) is 25.3 Å². The fourth-order valence-electron chi connectivity index (χ4n) is 4.24. The van der Waals surface area contributed by atoms with Crippen LogP contribution in [0.5, 0.6) is 5.75 Å². The maximum Gasteiger partial charge on any atom is 0.159 e. The van der Waals surface area contributed by atoms with Crippen LogP contribution in [0.3, 0.4) is 0 Å². The van der Waals surface area contributed by atoms with Gasteiger partial charge in [-0.25, -0.2) is 4.98 Å². The molecule has 160 valence electrons. The zero-order valence-corrected chi connectivity index (χ0v) is 18.6. The van der Waals surface area contributed by atoms with E-state index in [0.29, 0.717) is 29.3 Å². The van der Waals surface area contributed by atoms with Gasteiger partial charge in [-0.3, -0.25) is 0 Å². The molecule has 0 saturated carbocycles. The van der Waals surface area contributed by atoms with Gasteiger partial charge in [-0.2, -0.15) is 9.61 Å². The molecule has 1 aliphatic heterocycles. The van der Waals surface area contributed by atoms with E-state index in [9.17, 15) is 0 Å². The van der Waals surface area contributed by atoms with E-state index in [1.807, 2.05) is 22.7 Å². The summed E-state index contributed by atoms with van der Waals surface area (Å²) in [6.45, 7) is 5.99. The van der Waals surface area contributed by atoms with Crippen LogP contribution in [-0.4, -0.2) is 48.0 Å². The van der Waals surface area contributed by atoms with Crippen molar-refractivity contribution in [1.29, 1.82) is 0 Å². The average Bonchev–Trinajstić information content (AvgIpc) is 3.37. The third kappa shape index (κ3) is 3.79. The lowest BCUT2D eigenvalue weighted by atomic mass is 10.0. The van der Waals surface area contributed by atoms with Crippen LogP contribution in [-0.2, 0) is 4.74 Å². The molecular weight excluding hydrogens is 402 g/mol. The second-order valence-corrected chi connectivity index (χ2v) is 8.16. The molecule has 1 aromatic carbocycles. The van der Waals surface area contributed by atoms with Crippen LogP contribution < -0.4 is 15.0 Å². The predicted octanol–water partition coefficient (Wildman–Crippen LogP) is 4.69. The second kappa shape index (κ2) is 8.70. The molecule has 1 saturated heterocycles. The van der Waals surface area contributed by atoms with Crippen molar-refractivity contribution in [2.75, 3.05) is 37.6 Å². The molecule has 0 spiro atoms. The maximum absolute atomic E-state index is 6.46. The molecule has 4 rings (SSSR count). The van der Waals surface area contributed by atoms with Crippen molar-refractivity contribution in [1.82, 2.24) is 14.6 Å². The topological polar surface area (TPSA) is 63.9 Å². The van der Waals surface area contributed by atoms with Gasteiger partial charge in [0.15, 0.2) is 5.65 Å². The normalized spacial score (nSPS) is 18.9. The molecule has 30 heavy (non-hydrogen) atoms. The second-order valence-electron chi connectivity index (χ2n) is 7.75. The Morgan fingerprint density at radius 3 is 2.80 bits per heavy atom. The Morgan fingerprint density at radius 2 is 2.10 bits per heavy atom. The molecule has 3 heterocycles. The van der Waals surface area contributed by atoms with Crippen LogP contribution in [0.4, 0.5) is 17.3 Å². The summed E-state index contributed by atoms with van der Waals surface area (Å²) in [7, 11) is 3.39. The standard InChI is InChI=1S/C22H28ClN5O2/c1-5-15-10-16(13-29-3)27(12-15)22-14(2)21(26-20-8-9-24-28(20)22)25-19-7-6-17(30-4)11-18(19)23/h6-9,11,15-16H,5,10,12-13H2,1-4H3,(H,25,26). The van der Waals surface area contributed by atoms with E-state index in [-0.39, 0.29) is 0 Å². The number of anilines is 3. The summed E-state index contributed by atoms with van der Waals surface area (Å²) in [5.74, 6) is 3.17. The van der Waals surface area contributed by atoms with Crippen molar-refractivity contribution in [2.45, 2.75) is 32.7 Å². The Balaban J connectivity index is 1.77. The van der Waals surface area contributed by atoms with Crippen LogP contribution in [0.25, 0.3) is 5.65 Å². The molecule has 0 radical (unpaired) electrons. The maximum atomic E-state index is 6.46. The summed E-state index contributed by atoms with van der Waals surface area (Å²) in [6, 6.07) is 7.80. The van der Waals surface area contributed by atoms with Crippen molar-refractivity contribution >= 4 is 34.6 Å². The smallest absolute Gasteiger partial charge is 0.159 e. The fraction of sp³-hybridized carbons (Fsp3) is 0.455. The van der Waals surface area contributed by atoms with E-state index >= 15 is 0 Å². The highest BCUT2D eigenvalue weighted by molar-refractivity contribution is 6.33. The van der Waals surface area contributed by atoms with Gasteiger partial charge in [0, 0.05) is 31.4 Å². The minimum Gasteiger partial charge on any atom is -0.497 e. The molecule has 2 aromatic heterocycles. The first-order valence-corrected chi connectivity index (χ1v) is 10.6. The Labute approximate surface area is 181 Å². The van der Waals surface area contributed by atoms with E-state index in [1.165, 1.54) is 0 Å². The van der Waals surface area contributed by atoms with Gasteiger partial charge in [-0.05, 0) is 31.4 Å². The van der Waals surface area contributed by atoms with Gasteiger partial charge in [0.05, 0.1) is 36.7 Å². The van der Waals surface area contributed by atoms with Crippen LogP contribution in [0.2, 0.25) is 5.02 Å². The number of hydrogen-bond donors (Lipinski definition) is 1. The van der Waals surface area contributed by atoms with Crippen LogP contribution in [0.15, 0.2) is 30.5 Å².